The molecule has 0 bridgehead atoms. The highest BCUT2D eigenvalue weighted by Gasteiger charge is 2.19. The molecule has 0 amide bonds. The highest BCUT2D eigenvalue weighted by atomic mass is 32.2. The summed E-state index contributed by atoms with van der Waals surface area (Å²) < 4.78 is 0. The van der Waals surface area contributed by atoms with Crippen molar-refractivity contribution in [2.75, 3.05) is 18.8 Å². The fraction of sp³-hybridized carbons (Fsp3) is 1.00. The molecule has 1 fully saturated rings. The van der Waals surface area contributed by atoms with Crippen molar-refractivity contribution in [2.24, 2.45) is 0 Å². The molecule has 0 saturated carbocycles. The van der Waals surface area contributed by atoms with Crippen molar-refractivity contribution in [3.05, 3.63) is 10.1 Å². The van der Waals surface area contributed by atoms with Crippen LogP contribution in [0.2, 0.25) is 0 Å². The predicted octanol–water partition coefficient (Wildman–Crippen LogP) is -0.0744. The van der Waals surface area contributed by atoms with Crippen molar-refractivity contribution in [1.29, 1.82) is 0 Å². The van der Waals surface area contributed by atoms with Gasteiger partial charge in [0, 0.05) is 17.2 Å². The van der Waals surface area contributed by atoms with Crippen molar-refractivity contribution in [2.45, 2.75) is 5.37 Å². The molecule has 0 aromatic rings. The Kier molecular flexibility index (Phi) is 2.29. The summed E-state index contributed by atoms with van der Waals surface area (Å²) in [5.41, 5.74) is 0. The highest BCUT2D eigenvalue weighted by Crippen LogP contribution is 2.12. The van der Waals surface area contributed by atoms with Gasteiger partial charge < -0.3 is 0 Å². The van der Waals surface area contributed by atoms with E-state index in [-0.39, 0.29) is 16.8 Å². The lowest BCUT2D eigenvalue weighted by Gasteiger charge is -2.00. The Bertz CT molecular complexity index is 113. The van der Waals surface area contributed by atoms with Gasteiger partial charge in [-0.3, -0.25) is 15.4 Å². The minimum absolute atomic E-state index is 0.0463. The molecule has 1 rings (SSSR count). The summed E-state index contributed by atoms with van der Waals surface area (Å²) in [6.45, 7) is 0.952. The van der Waals surface area contributed by atoms with Crippen LogP contribution < -0.4 is 5.32 Å². The van der Waals surface area contributed by atoms with Gasteiger partial charge in [-0.15, -0.1) is 11.8 Å². The Morgan fingerprint density at radius 3 is 3.11 bits per heavy atom. The van der Waals surface area contributed by atoms with Crippen molar-refractivity contribution in [3.63, 3.8) is 0 Å². The fourth-order valence-electron chi connectivity index (χ4n) is 0.733. The normalized spacial score (nSPS) is 26.4. The smallest absolute Gasteiger partial charge is 0.228 e. The molecule has 0 aliphatic carbocycles. The topological polar surface area (TPSA) is 55.2 Å². The first kappa shape index (κ1) is 6.82. The van der Waals surface area contributed by atoms with E-state index in [1.165, 1.54) is 0 Å². The van der Waals surface area contributed by atoms with Crippen LogP contribution in [0.15, 0.2) is 0 Å². The lowest BCUT2D eigenvalue weighted by Crippen LogP contribution is -2.27. The molecule has 52 valence electrons. The number of nitrogens with zero attached hydrogens (tertiary/aromatic N) is 1. The number of thioether (sulfide) groups is 1. The fourth-order valence-corrected chi connectivity index (χ4v) is 1.72. The maximum atomic E-state index is 9.91. The maximum Gasteiger partial charge on any atom is 0.228 e. The predicted molar refractivity (Wildman–Crippen MR) is 36.1 cm³/mol. The van der Waals surface area contributed by atoms with E-state index in [1.807, 2.05) is 0 Å². The number of nitrogens with one attached hydrogen (secondary N) is 1. The molecule has 0 aromatic heterocycles. The molecule has 1 aliphatic rings. The minimum Gasteiger partial charge on any atom is -0.299 e. The molecule has 5 heteroatoms. The number of rotatable bonds is 2. The van der Waals surface area contributed by atoms with E-state index in [0.29, 0.717) is 0 Å². The minimum atomic E-state index is -0.282. The van der Waals surface area contributed by atoms with Crippen molar-refractivity contribution in [1.82, 2.24) is 5.32 Å². The van der Waals surface area contributed by atoms with Gasteiger partial charge in [0.25, 0.3) is 0 Å². The SMILES string of the molecule is O=[N+]([O-])CC1NCCS1. The zero-order valence-electron chi connectivity index (χ0n) is 4.87. The summed E-state index contributed by atoms with van der Waals surface area (Å²) in [6.07, 6.45) is 0. The van der Waals surface area contributed by atoms with E-state index in [2.05, 4.69) is 5.32 Å². The number of hydrogen-bond acceptors (Lipinski definition) is 4. The van der Waals surface area contributed by atoms with Gasteiger partial charge in [-0.25, -0.2) is 0 Å². The van der Waals surface area contributed by atoms with Crippen LogP contribution in [0, 0.1) is 10.1 Å². The van der Waals surface area contributed by atoms with E-state index in [1.54, 1.807) is 11.8 Å². The molecule has 1 aliphatic heterocycles. The van der Waals surface area contributed by atoms with Gasteiger partial charge in [-0.05, 0) is 0 Å². The van der Waals surface area contributed by atoms with E-state index < -0.39 is 0 Å². The first-order valence-corrected chi connectivity index (χ1v) is 3.80. The summed E-state index contributed by atoms with van der Waals surface area (Å²) >= 11 is 1.62. The summed E-state index contributed by atoms with van der Waals surface area (Å²) in [4.78, 5) is 9.63. The third-order valence-electron chi connectivity index (χ3n) is 1.11. The van der Waals surface area contributed by atoms with Crippen LogP contribution in [0.4, 0.5) is 0 Å². The van der Waals surface area contributed by atoms with Gasteiger partial charge in [0.15, 0.2) is 0 Å². The molecule has 1 unspecified atom stereocenters. The van der Waals surface area contributed by atoms with E-state index >= 15 is 0 Å². The van der Waals surface area contributed by atoms with Crippen LogP contribution in [0.1, 0.15) is 0 Å². The molecule has 4 nitrogen and oxygen atoms in total. The molecule has 1 N–H and O–H groups in total. The van der Waals surface area contributed by atoms with Crippen molar-refractivity contribution < 1.29 is 4.92 Å². The molecular weight excluding hydrogens is 140 g/mol. The van der Waals surface area contributed by atoms with E-state index in [4.69, 9.17) is 0 Å². The second kappa shape index (κ2) is 3.03. The average Bonchev–Trinajstić information content (AvgIpc) is 2.15. The lowest BCUT2D eigenvalue weighted by atomic mass is 10.6. The zero-order chi connectivity index (χ0) is 6.69. The average molecular weight is 148 g/mol. The zero-order valence-corrected chi connectivity index (χ0v) is 5.69. The Hall–Kier alpha value is -0.290. The Morgan fingerprint density at radius 1 is 1.89 bits per heavy atom. The molecule has 1 saturated heterocycles. The molecule has 0 spiro atoms. The summed E-state index contributed by atoms with van der Waals surface area (Å²) in [5, 5.41) is 13.0. The van der Waals surface area contributed by atoms with E-state index in [9.17, 15) is 10.1 Å². The van der Waals surface area contributed by atoms with Crippen LogP contribution in [-0.4, -0.2) is 29.1 Å². The molecule has 1 heterocycles. The van der Waals surface area contributed by atoms with Gasteiger partial charge in [-0.1, -0.05) is 0 Å². The van der Waals surface area contributed by atoms with Crippen molar-refractivity contribution >= 4 is 11.8 Å². The van der Waals surface area contributed by atoms with Gasteiger partial charge in [0.2, 0.25) is 6.54 Å². The molecule has 1 atom stereocenters. The van der Waals surface area contributed by atoms with Crippen LogP contribution >= 0.6 is 11.8 Å². The largest absolute Gasteiger partial charge is 0.299 e. The maximum absolute atomic E-state index is 9.91. The monoisotopic (exact) mass is 148 g/mol. The standard InChI is InChI=1S/C4H8N2O2S/c7-6(8)3-4-5-1-2-9-4/h4-5H,1-3H2. The Labute approximate surface area is 57.2 Å². The summed E-state index contributed by atoms with van der Waals surface area (Å²) in [5.74, 6) is 0.999. The number of hydrogen-bond donors (Lipinski definition) is 1. The molecule has 0 radical (unpaired) electrons. The van der Waals surface area contributed by atoms with E-state index in [0.717, 1.165) is 12.3 Å². The van der Waals surface area contributed by atoms with Gasteiger partial charge >= 0.3 is 0 Å². The molecular formula is C4H8N2O2S. The van der Waals surface area contributed by atoms with Gasteiger partial charge in [0.1, 0.15) is 5.37 Å². The lowest BCUT2D eigenvalue weighted by molar-refractivity contribution is -0.479. The van der Waals surface area contributed by atoms with Crippen molar-refractivity contribution in [3.8, 4) is 0 Å². The first-order chi connectivity index (χ1) is 4.29. The first-order valence-electron chi connectivity index (χ1n) is 2.76. The van der Waals surface area contributed by atoms with Gasteiger partial charge in [-0.2, -0.15) is 0 Å². The Balaban J connectivity index is 2.19. The number of nitro groups is 1. The second-order valence-corrected chi connectivity index (χ2v) is 3.14. The summed E-state index contributed by atoms with van der Waals surface area (Å²) in [7, 11) is 0. The van der Waals surface area contributed by atoms with Crippen LogP contribution in [-0.2, 0) is 0 Å². The molecule has 0 aromatic carbocycles. The second-order valence-electron chi connectivity index (χ2n) is 1.83. The quantitative estimate of drug-likeness (QED) is 0.440. The summed E-state index contributed by atoms with van der Waals surface area (Å²) in [6, 6.07) is 0. The van der Waals surface area contributed by atoms with Crippen LogP contribution in [0.3, 0.4) is 0 Å². The van der Waals surface area contributed by atoms with Crippen LogP contribution in [0.25, 0.3) is 0 Å². The highest BCUT2D eigenvalue weighted by molar-refractivity contribution is 8.00. The Morgan fingerprint density at radius 2 is 2.67 bits per heavy atom. The third kappa shape index (κ3) is 2.19. The third-order valence-corrected chi connectivity index (χ3v) is 2.27. The molecule has 9 heavy (non-hydrogen) atoms. The van der Waals surface area contributed by atoms with Crippen LogP contribution in [0.5, 0.6) is 0 Å². The van der Waals surface area contributed by atoms with Gasteiger partial charge in [0.05, 0.1) is 0 Å².